The fourth-order valence-electron chi connectivity index (χ4n) is 1.32. The number of carbonyl (C=O) groups excluding carboxylic acids is 1. The summed E-state index contributed by atoms with van der Waals surface area (Å²) < 4.78 is 5.29. The van der Waals surface area contributed by atoms with Gasteiger partial charge in [0.2, 0.25) is 11.8 Å². The van der Waals surface area contributed by atoms with Crippen LogP contribution in [0, 0.1) is 0 Å². The Labute approximate surface area is 107 Å². The highest BCUT2D eigenvalue weighted by Gasteiger charge is 2.05. The molecule has 1 rings (SSSR count). The molecule has 0 fully saturated rings. The van der Waals surface area contributed by atoms with Crippen LogP contribution >= 0.6 is 0 Å². The summed E-state index contributed by atoms with van der Waals surface area (Å²) in [7, 11) is 3.47. The van der Waals surface area contributed by atoms with Gasteiger partial charge in [-0.1, -0.05) is 0 Å². The van der Waals surface area contributed by atoms with E-state index < -0.39 is 0 Å². The van der Waals surface area contributed by atoms with Gasteiger partial charge in [-0.05, 0) is 19.1 Å². The Bertz CT molecular complexity index is 407. The number of nitrogens with two attached hydrogens (primary N) is 1. The number of nitrogens with one attached hydrogen (secondary N) is 1. The van der Waals surface area contributed by atoms with E-state index in [2.05, 4.69) is 10.3 Å². The van der Waals surface area contributed by atoms with Gasteiger partial charge in [0.25, 0.3) is 0 Å². The topological polar surface area (TPSA) is 80.5 Å². The zero-order chi connectivity index (χ0) is 13.5. The van der Waals surface area contributed by atoms with Gasteiger partial charge in [-0.3, -0.25) is 4.79 Å². The molecule has 0 saturated heterocycles. The van der Waals surface area contributed by atoms with Crippen LogP contribution in [-0.2, 0) is 4.79 Å². The van der Waals surface area contributed by atoms with Crippen molar-refractivity contribution in [3.8, 4) is 5.88 Å². The highest BCUT2D eigenvalue weighted by atomic mass is 16.5. The molecule has 0 aliphatic rings. The molecule has 0 saturated carbocycles. The summed E-state index contributed by atoms with van der Waals surface area (Å²) in [6.07, 6.45) is 0.420. The third kappa shape index (κ3) is 4.12. The number of nitrogen functional groups attached to an aromatic ring is 1. The van der Waals surface area contributed by atoms with Crippen molar-refractivity contribution >= 4 is 17.4 Å². The summed E-state index contributed by atoms with van der Waals surface area (Å²) in [4.78, 5) is 17.2. The second kappa shape index (κ2) is 6.68. The first-order valence-corrected chi connectivity index (χ1v) is 5.88. The van der Waals surface area contributed by atoms with Crippen LogP contribution in [-0.4, -0.2) is 43.0 Å². The first-order valence-electron chi connectivity index (χ1n) is 5.88. The van der Waals surface area contributed by atoms with Crippen molar-refractivity contribution in [2.45, 2.75) is 13.3 Å². The van der Waals surface area contributed by atoms with Crippen molar-refractivity contribution in [2.75, 3.05) is 38.3 Å². The lowest BCUT2D eigenvalue weighted by Gasteiger charge is -2.12. The first-order chi connectivity index (χ1) is 8.54. The zero-order valence-corrected chi connectivity index (χ0v) is 11.1. The number of carbonyl (C=O) groups is 1. The van der Waals surface area contributed by atoms with Crippen molar-refractivity contribution in [1.82, 2.24) is 9.88 Å². The molecule has 6 nitrogen and oxygen atoms in total. The van der Waals surface area contributed by atoms with Crippen LogP contribution in [0.25, 0.3) is 0 Å². The summed E-state index contributed by atoms with van der Waals surface area (Å²) in [5.41, 5.74) is 6.22. The third-order valence-corrected chi connectivity index (χ3v) is 2.31. The van der Waals surface area contributed by atoms with E-state index in [0.717, 1.165) is 0 Å². The molecule has 3 N–H and O–H groups in total. The van der Waals surface area contributed by atoms with Crippen LogP contribution in [0.3, 0.4) is 0 Å². The third-order valence-electron chi connectivity index (χ3n) is 2.31. The summed E-state index contributed by atoms with van der Waals surface area (Å²) >= 11 is 0. The molecule has 0 atom stereocenters. The second-order valence-corrected chi connectivity index (χ2v) is 3.99. The number of hydrogen-bond acceptors (Lipinski definition) is 5. The van der Waals surface area contributed by atoms with E-state index in [9.17, 15) is 4.79 Å². The summed E-state index contributed by atoms with van der Waals surface area (Å²) in [6, 6.07) is 3.49. The molecule has 1 heterocycles. The number of nitrogens with zero attached hydrogens (tertiary/aromatic N) is 2. The van der Waals surface area contributed by atoms with Crippen LogP contribution in [0.4, 0.5) is 11.5 Å². The zero-order valence-electron chi connectivity index (χ0n) is 11.1. The molecule has 1 aromatic heterocycles. The second-order valence-electron chi connectivity index (χ2n) is 3.99. The molecule has 1 amide bonds. The average molecular weight is 252 g/mol. The Morgan fingerprint density at radius 2 is 2.22 bits per heavy atom. The highest BCUT2D eigenvalue weighted by molar-refractivity contribution is 5.76. The van der Waals surface area contributed by atoms with Crippen molar-refractivity contribution < 1.29 is 9.53 Å². The predicted octanol–water partition coefficient (Wildman–Crippen LogP) is 0.953. The predicted molar refractivity (Wildman–Crippen MR) is 71.6 cm³/mol. The van der Waals surface area contributed by atoms with Gasteiger partial charge in [0.1, 0.15) is 5.82 Å². The number of pyridine rings is 1. The maximum atomic E-state index is 11.4. The van der Waals surface area contributed by atoms with E-state index in [1.807, 2.05) is 6.92 Å². The minimum atomic E-state index is 0.0722. The molecular formula is C12H20N4O2. The lowest BCUT2D eigenvalue weighted by molar-refractivity contribution is -0.128. The van der Waals surface area contributed by atoms with E-state index in [1.165, 1.54) is 0 Å². The van der Waals surface area contributed by atoms with Gasteiger partial charge in [0.15, 0.2) is 0 Å². The fraction of sp³-hybridized carbons (Fsp3) is 0.500. The molecule has 0 aromatic carbocycles. The molecule has 0 aliphatic heterocycles. The molecule has 1 aromatic rings. The van der Waals surface area contributed by atoms with E-state index >= 15 is 0 Å². The fourth-order valence-corrected chi connectivity index (χ4v) is 1.32. The number of anilines is 2. The first kappa shape index (κ1) is 14.1. The van der Waals surface area contributed by atoms with E-state index in [4.69, 9.17) is 10.5 Å². The minimum absolute atomic E-state index is 0.0722. The van der Waals surface area contributed by atoms with Crippen molar-refractivity contribution in [3.63, 3.8) is 0 Å². The Balaban J connectivity index is 2.52. The molecular weight excluding hydrogens is 232 g/mol. The maximum absolute atomic E-state index is 11.4. The van der Waals surface area contributed by atoms with E-state index in [1.54, 1.807) is 31.1 Å². The van der Waals surface area contributed by atoms with Crippen LogP contribution in [0.5, 0.6) is 5.88 Å². The smallest absolute Gasteiger partial charge is 0.239 e. The van der Waals surface area contributed by atoms with Gasteiger partial charge in [-0.25, -0.2) is 0 Å². The summed E-state index contributed by atoms with van der Waals surface area (Å²) in [5.74, 6) is 1.14. The molecule has 18 heavy (non-hydrogen) atoms. The quantitative estimate of drug-likeness (QED) is 0.788. The molecule has 100 valence electrons. The minimum Gasteiger partial charge on any atom is -0.476 e. The number of ether oxygens (including phenoxy) is 1. The van der Waals surface area contributed by atoms with Gasteiger partial charge in [0, 0.05) is 27.1 Å². The highest BCUT2D eigenvalue weighted by Crippen LogP contribution is 2.20. The van der Waals surface area contributed by atoms with Crippen LogP contribution < -0.4 is 15.8 Å². The molecule has 0 spiro atoms. The molecule has 0 bridgehead atoms. The molecule has 0 radical (unpaired) electrons. The summed E-state index contributed by atoms with van der Waals surface area (Å²) in [6.45, 7) is 2.91. The Kier molecular flexibility index (Phi) is 5.23. The van der Waals surface area contributed by atoms with E-state index in [0.29, 0.717) is 37.0 Å². The van der Waals surface area contributed by atoms with Gasteiger partial charge in [0.05, 0.1) is 12.3 Å². The molecule has 0 unspecified atom stereocenters. The van der Waals surface area contributed by atoms with E-state index in [-0.39, 0.29) is 5.91 Å². The van der Waals surface area contributed by atoms with Gasteiger partial charge < -0.3 is 20.7 Å². The normalized spacial score (nSPS) is 9.94. The number of rotatable bonds is 6. The Morgan fingerprint density at radius 1 is 1.50 bits per heavy atom. The maximum Gasteiger partial charge on any atom is 0.239 e. The largest absolute Gasteiger partial charge is 0.476 e. The molecule has 6 heteroatoms. The van der Waals surface area contributed by atoms with Crippen molar-refractivity contribution in [3.05, 3.63) is 12.1 Å². The number of aromatic nitrogens is 1. The molecule has 0 aliphatic carbocycles. The Morgan fingerprint density at radius 3 is 2.83 bits per heavy atom. The van der Waals surface area contributed by atoms with Crippen LogP contribution in [0.1, 0.15) is 13.3 Å². The SMILES string of the molecule is CCOc1nc(NCCC(=O)N(C)C)ccc1N. The van der Waals surface area contributed by atoms with Crippen LogP contribution in [0.2, 0.25) is 0 Å². The van der Waals surface area contributed by atoms with Gasteiger partial charge in [-0.15, -0.1) is 0 Å². The average Bonchev–Trinajstić information content (AvgIpc) is 2.33. The van der Waals surface area contributed by atoms with Crippen LogP contribution in [0.15, 0.2) is 12.1 Å². The standard InChI is InChI=1S/C12H20N4O2/c1-4-18-12-9(13)5-6-10(15-12)14-8-7-11(17)16(2)3/h5-6H,4,7-8,13H2,1-3H3,(H,14,15). The lowest BCUT2D eigenvalue weighted by Crippen LogP contribution is -2.24. The summed E-state index contributed by atoms with van der Waals surface area (Å²) in [5, 5.41) is 3.06. The van der Waals surface area contributed by atoms with Crippen molar-refractivity contribution in [1.29, 1.82) is 0 Å². The number of hydrogen-bond donors (Lipinski definition) is 2. The van der Waals surface area contributed by atoms with Gasteiger partial charge in [-0.2, -0.15) is 4.98 Å². The van der Waals surface area contributed by atoms with Crippen molar-refractivity contribution in [2.24, 2.45) is 0 Å². The Hall–Kier alpha value is -1.98. The monoisotopic (exact) mass is 252 g/mol. The van der Waals surface area contributed by atoms with Gasteiger partial charge >= 0.3 is 0 Å². The lowest BCUT2D eigenvalue weighted by atomic mass is 10.3. The number of amides is 1.